The maximum Gasteiger partial charge on any atom is 0.243 e. The molecule has 3 aromatic rings. The van der Waals surface area contributed by atoms with Gasteiger partial charge in [-0.15, -0.1) is 0 Å². The number of hydrogen-bond acceptors (Lipinski definition) is 3. The summed E-state index contributed by atoms with van der Waals surface area (Å²) in [5.74, 6) is 0.918. The van der Waals surface area contributed by atoms with Gasteiger partial charge in [-0.1, -0.05) is 28.1 Å². The molecule has 4 rings (SSSR count). The number of para-hydroxylation sites is 2. The van der Waals surface area contributed by atoms with Crippen molar-refractivity contribution in [2.75, 3.05) is 13.1 Å². The quantitative estimate of drug-likeness (QED) is 0.671. The third-order valence-corrected chi connectivity index (χ3v) is 6.79. The van der Waals surface area contributed by atoms with Crippen molar-refractivity contribution in [3.05, 3.63) is 58.8 Å². The van der Waals surface area contributed by atoms with Crippen LogP contribution in [0.2, 0.25) is 0 Å². The highest BCUT2D eigenvalue weighted by Gasteiger charge is 2.38. The van der Waals surface area contributed by atoms with Gasteiger partial charge in [0.1, 0.15) is 5.82 Å². The van der Waals surface area contributed by atoms with Gasteiger partial charge in [0.15, 0.2) is 0 Å². The highest BCUT2D eigenvalue weighted by atomic mass is 79.9. The molecule has 1 saturated heterocycles. The topological polar surface area (TPSA) is 55.2 Å². The molecular weight excluding hydrogens is 390 g/mol. The molecule has 1 aromatic heterocycles. The third kappa shape index (κ3) is 2.47. The zero-order valence-electron chi connectivity index (χ0n) is 13.1. The van der Waals surface area contributed by atoms with E-state index in [-0.39, 0.29) is 6.04 Å². The van der Waals surface area contributed by atoms with E-state index in [1.807, 2.05) is 31.2 Å². The maximum absolute atomic E-state index is 12.7. The van der Waals surface area contributed by atoms with Gasteiger partial charge in [-0.2, -0.15) is 4.31 Å². The summed E-state index contributed by atoms with van der Waals surface area (Å²) < 4.78 is 29.9. The van der Waals surface area contributed by atoms with Crippen LogP contribution in [0.3, 0.4) is 0 Å². The fraction of sp³-hybridized carbons (Fsp3) is 0.235. The predicted octanol–water partition coefficient (Wildman–Crippen LogP) is 3.35. The van der Waals surface area contributed by atoms with E-state index in [1.165, 1.54) is 4.31 Å². The van der Waals surface area contributed by atoms with E-state index in [9.17, 15) is 8.42 Å². The minimum Gasteiger partial charge on any atom is -0.322 e. The Morgan fingerprint density at radius 1 is 1.08 bits per heavy atom. The second-order valence-corrected chi connectivity index (χ2v) is 8.80. The average Bonchev–Trinajstić information content (AvgIpc) is 2.83. The van der Waals surface area contributed by atoms with Crippen molar-refractivity contribution in [2.24, 2.45) is 0 Å². The van der Waals surface area contributed by atoms with Crippen LogP contribution in [-0.2, 0) is 10.0 Å². The van der Waals surface area contributed by atoms with E-state index in [0.717, 1.165) is 21.3 Å². The molecule has 0 aliphatic carbocycles. The minimum atomic E-state index is -3.43. The first-order valence-electron chi connectivity index (χ1n) is 7.66. The molecule has 0 N–H and O–H groups in total. The molecule has 1 aliphatic rings. The Morgan fingerprint density at radius 3 is 2.46 bits per heavy atom. The van der Waals surface area contributed by atoms with Crippen LogP contribution in [0.5, 0.6) is 0 Å². The van der Waals surface area contributed by atoms with E-state index in [1.54, 1.807) is 24.3 Å². The van der Waals surface area contributed by atoms with Crippen LogP contribution in [0.1, 0.15) is 11.9 Å². The lowest BCUT2D eigenvalue weighted by molar-refractivity contribution is 0.206. The van der Waals surface area contributed by atoms with Crippen molar-refractivity contribution in [1.29, 1.82) is 0 Å². The van der Waals surface area contributed by atoms with E-state index < -0.39 is 10.0 Å². The molecule has 124 valence electrons. The molecular formula is C17H16BrN3O2S. The molecule has 2 heterocycles. The number of imidazole rings is 1. The molecule has 1 fully saturated rings. The number of halogens is 1. The van der Waals surface area contributed by atoms with Crippen LogP contribution in [0, 0.1) is 6.92 Å². The molecule has 1 aliphatic heterocycles. The molecule has 5 nitrogen and oxygen atoms in total. The van der Waals surface area contributed by atoms with Gasteiger partial charge in [0, 0.05) is 17.6 Å². The Hall–Kier alpha value is -1.70. The summed E-state index contributed by atoms with van der Waals surface area (Å²) in [6.07, 6.45) is 0. The lowest BCUT2D eigenvalue weighted by atomic mass is 10.1. The lowest BCUT2D eigenvalue weighted by Gasteiger charge is -2.39. The number of rotatable bonds is 3. The summed E-state index contributed by atoms with van der Waals surface area (Å²) in [5, 5.41) is 0. The normalized spacial score (nSPS) is 16.4. The Kier molecular flexibility index (Phi) is 3.74. The number of nitrogens with zero attached hydrogens (tertiary/aromatic N) is 3. The monoisotopic (exact) mass is 405 g/mol. The molecule has 7 heteroatoms. The summed E-state index contributed by atoms with van der Waals surface area (Å²) in [6, 6.07) is 14.8. The van der Waals surface area contributed by atoms with E-state index in [2.05, 4.69) is 25.5 Å². The lowest BCUT2D eigenvalue weighted by Crippen LogP contribution is -2.50. The number of aromatic nitrogens is 2. The van der Waals surface area contributed by atoms with Crippen molar-refractivity contribution in [3.8, 4) is 0 Å². The molecule has 2 aromatic carbocycles. The molecule has 0 saturated carbocycles. The Morgan fingerprint density at radius 2 is 1.75 bits per heavy atom. The Labute approximate surface area is 149 Å². The Bertz CT molecular complexity index is 1010. The van der Waals surface area contributed by atoms with Gasteiger partial charge in [-0.05, 0) is 43.3 Å². The molecule has 24 heavy (non-hydrogen) atoms. The molecule has 0 radical (unpaired) electrons. The van der Waals surface area contributed by atoms with Gasteiger partial charge in [0.05, 0.1) is 22.0 Å². The molecule has 0 spiro atoms. The second kappa shape index (κ2) is 5.68. The van der Waals surface area contributed by atoms with E-state index >= 15 is 0 Å². The maximum atomic E-state index is 12.7. The van der Waals surface area contributed by atoms with Gasteiger partial charge in [-0.3, -0.25) is 0 Å². The SMILES string of the molecule is Cc1nc2ccccc2n1C1CN(S(=O)(=O)c2ccc(Br)cc2)C1. The molecule has 0 atom stereocenters. The third-order valence-electron chi connectivity index (χ3n) is 4.42. The fourth-order valence-corrected chi connectivity index (χ4v) is 4.94. The van der Waals surface area contributed by atoms with Crippen LogP contribution in [-0.4, -0.2) is 35.4 Å². The average molecular weight is 406 g/mol. The van der Waals surface area contributed by atoms with Crippen LogP contribution in [0.4, 0.5) is 0 Å². The molecule has 0 amide bonds. The van der Waals surface area contributed by atoms with Crippen LogP contribution < -0.4 is 0 Å². The predicted molar refractivity (Wildman–Crippen MR) is 96.4 cm³/mol. The van der Waals surface area contributed by atoms with Crippen molar-refractivity contribution >= 4 is 37.0 Å². The van der Waals surface area contributed by atoms with Gasteiger partial charge >= 0.3 is 0 Å². The van der Waals surface area contributed by atoms with Crippen molar-refractivity contribution in [1.82, 2.24) is 13.9 Å². The van der Waals surface area contributed by atoms with Crippen LogP contribution in [0.25, 0.3) is 11.0 Å². The number of sulfonamides is 1. The summed E-state index contributed by atoms with van der Waals surface area (Å²) >= 11 is 3.33. The van der Waals surface area contributed by atoms with Gasteiger partial charge in [0.25, 0.3) is 0 Å². The number of benzene rings is 2. The van der Waals surface area contributed by atoms with Crippen molar-refractivity contribution < 1.29 is 8.42 Å². The second-order valence-electron chi connectivity index (χ2n) is 5.95. The Balaban J connectivity index is 1.59. The summed E-state index contributed by atoms with van der Waals surface area (Å²) in [4.78, 5) is 4.89. The highest BCUT2D eigenvalue weighted by Crippen LogP contribution is 2.32. The summed E-state index contributed by atoms with van der Waals surface area (Å²) in [6.45, 7) is 2.91. The smallest absolute Gasteiger partial charge is 0.243 e. The summed E-state index contributed by atoms with van der Waals surface area (Å²) in [5.41, 5.74) is 2.00. The summed E-state index contributed by atoms with van der Waals surface area (Å²) in [7, 11) is -3.43. The van der Waals surface area contributed by atoms with Crippen LogP contribution in [0.15, 0.2) is 57.9 Å². The molecule has 0 bridgehead atoms. The van der Waals surface area contributed by atoms with Crippen molar-refractivity contribution in [2.45, 2.75) is 17.9 Å². The van der Waals surface area contributed by atoms with Gasteiger partial charge in [-0.25, -0.2) is 13.4 Å². The highest BCUT2D eigenvalue weighted by molar-refractivity contribution is 9.10. The first-order valence-corrected chi connectivity index (χ1v) is 9.89. The number of hydrogen-bond donors (Lipinski definition) is 0. The van der Waals surface area contributed by atoms with Gasteiger partial charge in [0.2, 0.25) is 10.0 Å². The number of fused-ring (bicyclic) bond motifs is 1. The first kappa shape index (κ1) is 15.8. The van der Waals surface area contributed by atoms with Crippen molar-refractivity contribution in [3.63, 3.8) is 0 Å². The zero-order chi connectivity index (χ0) is 16.9. The fourth-order valence-electron chi connectivity index (χ4n) is 3.16. The standard InChI is InChI=1S/C17H16BrN3O2S/c1-12-19-16-4-2-3-5-17(16)21(12)14-10-20(11-14)24(22,23)15-8-6-13(18)7-9-15/h2-9,14H,10-11H2,1H3. The van der Waals surface area contributed by atoms with Crippen LogP contribution >= 0.6 is 15.9 Å². The van der Waals surface area contributed by atoms with E-state index in [0.29, 0.717) is 18.0 Å². The number of aryl methyl sites for hydroxylation is 1. The largest absolute Gasteiger partial charge is 0.322 e. The first-order chi connectivity index (χ1) is 11.5. The zero-order valence-corrected chi connectivity index (χ0v) is 15.5. The van der Waals surface area contributed by atoms with E-state index in [4.69, 9.17) is 0 Å². The molecule has 0 unspecified atom stereocenters. The van der Waals surface area contributed by atoms with Gasteiger partial charge < -0.3 is 4.57 Å². The minimum absolute atomic E-state index is 0.127.